The van der Waals surface area contributed by atoms with Crippen LogP contribution in [0.15, 0.2) is 12.1 Å². The molecule has 0 radical (unpaired) electrons. The number of thiophene rings is 2. The van der Waals surface area contributed by atoms with Crippen LogP contribution in [0.2, 0.25) is 29.6 Å². The minimum atomic E-state index is -2.04. The molecular weight excluding hydrogens is 638 g/mol. The van der Waals surface area contributed by atoms with Gasteiger partial charge in [-0.05, 0) is 0 Å². The zero-order valence-corrected chi connectivity index (χ0v) is 29.5. The van der Waals surface area contributed by atoms with Crippen LogP contribution in [0.4, 0.5) is 0 Å². The molecule has 0 unspecified atom stereocenters. The molecule has 2 rings (SSSR count). The van der Waals surface area contributed by atoms with Crippen LogP contribution in [0.1, 0.15) is 86.1 Å². The molecular formula is C28H48S2Sn2. The predicted molar refractivity (Wildman–Crippen MR) is 159 cm³/mol. The fourth-order valence-corrected chi connectivity index (χ4v) is 16.9. The first-order valence-electron chi connectivity index (χ1n) is 13.0. The first kappa shape index (κ1) is 29.0. The number of rotatable bonds is 14. The van der Waals surface area contributed by atoms with Gasteiger partial charge >= 0.3 is 218 Å². The standard InChI is InChI=1S/C22H30S2.6CH3.2Sn/c1-3-5-7-9-11-19-15-17-23-21(19)13-14-22-20(16-18-24-22)12-10-8-6-4-2;;;;;;;;/h13-16H,3-12H2,1-2H3;6*1H3;;/b14-13+;;;;;;;;. The average molecular weight is 686 g/mol. The van der Waals surface area contributed by atoms with Gasteiger partial charge in [-0.2, -0.15) is 0 Å². The SMILES string of the molecule is CCCCCCc1c[c]([Sn]([CH3])([CH3])[CH3])sc1/C=C/c1s[c]([Sn]([CH3])([CH3])[CH3])cc1CCCCCC. The van der Waals surface area contributed by atoms with E-state index in [2.05, 4.69) is 90.4 Å². The molecule has 0 saturated carbocycles. The second kappa shape index (κ2) is 13.7. The fourth-order valence-electron chi connectivity index (χ4n) is 3.93. The minimum absolute atomic E-state index is 1.26. The van der Waals surface area contributed by atoms with E-state index in [4.69, 9.17) is 0 Å². The molecule has 0 aliphatic heterocycles. The maximum atomic E-state index is 2.60. The van der Waals surface area contributed by atoms with Crippen molar-refractivity contribution in [1.82, 2.24) is 0 Å². The molecule has 32 heavy (non-hydrogen) atoms. The summed E-state index contributed by atoms with van der Waals surface area (Å²) in [6, 6.07) is 5.20. The number of hydrogen-bond acceptors (Lipinski definition) is 2. The summed E-state index contributed by atoms with van der Waals surface area (Å²) in [5.74, 6) is 0. The van der Waals surface area contributed by atoms with E-state index in [0.717, 1.165) is 0 Å². The van der Waals surface area contributed by atoms with Crippen LogP contribution in [0, 0.1) is 0 Å². The van der Waals surface area contributed by atoms with Gasteiger partial charge < -0.3 is 0 Å². The Bertz CT molecular complexity index is 774. The summed E-state index contributed by atoms with van der Waals surface area (Å²) in [5, 5.41) is 0. The Hall–Kier alpha value is 0.737. The molecule has 0 nitrogen and oxygen atoms in total. The summed E-state index contributed by atoms with van der Waals surface area (Å²) in [4.78, 5) is 18.5. The van der Waals surface area contributed by atoms with Crippen LogP contribution in [-0.2, 0) is 12.8 Å². The van der Waals surface area contributed by atoms with Crippen molar-refractivity contribution in [3.8, 4) is 0 Å². The monoisotopic (exact) mass is 688 g/mol. The van der Waals surface area contributed by atoms with Crippen LogP contribution >= 0.6 is 22.7 Å². The molecule has 0 aliphatic carbocycles. The molecule has 0 spiro atoms. The molecule has 0 atom stereocenters. The van der Waals surface area contributed by atoms with Crippen molar-refractivity contribution in [3.63, 3.8) is 0 Å². The van der Waals surface area contributed by atoms with Crippen molar-refractivity contribution in [2.75, 3.05) is 0 Å². The van der Waals surface area contributed by atoms with E-state index in [1.165, 1.54) is 64.2 Å². The number of unbranched alkanes of at least 4 members (excludes halogenated alkanes) is 6. The van der Waals surface area contributed by atoms with E-state index in [-0.39, 0.29) is 0 Å². The molecule has 2 aromatic heterocycles. The Balaban J connectivity index is 2.29. The van der Waals surface area contributed by atoms with Crippen LogP contribution in [0.3, 0.4) is 0 Å². The summed E-state index contributed by atoms with van der Waals surface area (Å²) in [6.45, 7) is 4.62. The predicted octanol–water partition coefficient (Wildman–Crippen LogP) is 9.32. The van der Waals surface area contributed by atoms with Crippen molar-refractivity contribution >= 4 is 77.4 Å². The maximum absolute atomic E-state index is 2.60. The third-order valence-electron chi connectivity index (χ3n) is 6.15. The van der Waals surface area contributed by atoms with E-state index < -0.39 is 36.8 Å². The van der Waals surface area contributed by atoms with Crippen molar-refractivity contribution in [1.29, 1.82) is 0 Å². The second-order valence-electron chi connectivity index (χ2n) is 11.5. The van der Waals surface area contributed by atoms with Gasteiger partial charge in [-0.3, -0.25) is 0 Å². The van der Waals surface area contributed by atoms with Crippen molar-refractivity contribution < 1.29 is 0 Å². The topological polar surface area (TPSA) is 0 Å². The van der Waals surface area contributed by atoms with Crippen LogP contribution in [0.25, 0.3) is 12.2 Å². The number of hydrogen-bond donors (Lipinski definition) is 0. The number of aryl methyl sites for hydroxylation is 2. The second-order valence-corrected chi connectivity index (χ2v) is 44.5. The van der Waals surface area contributed by atoms with Gasteiger partial charge in [0, 0.05) is 0 Å². The first-order chi connectivity index (χ1) is 15.1. The first-order valence-corrected chi connectivity index (χ1v) is 34.6. The summed E-state index contributed by atoms with van der Waals surface area (Å²) >= 11 is 0.160. The van der Waals surface area contributed by atoms with Crippen molar-refractivity contribution in [3.05, 3.63) is 33.0 Å². The van der Waals surface area contributed by atoms with Crippen molar-refractivity contribution in [2.45, 2.75) is 108 Å². The van der Waals surface area contributed by atoms with Gasteiger partial charge in [-0.1, -0.05) is 0 Å². The Morgan fingerprint density at radius 2 is 0.969 bits per heavy atom. The molecule has 4 heteroatoms. The van der Waals surface area contributed by atoms with E-state index in [1.54, 1.807) is 26.7 Å². The molecule has 0 amide bonds. The quantitative estimate of drug-likeness (QED) is 0.137. The molecule has 0 bridgehead atoms. The van der Waals surface area contributed by atoms with Gasteiger partial charge in [0.2, 0.25) is 0 Å². The Morgan fingerprint density at radius 1 is 0.594 bits per heavy atom. The van der Waals surface area contributed by atoms with Gasteiger partial charge in [0.25, 0.3) is 0 Å². The Kier molecular flexibility index (Phi) is 12.4. The van der Waals surface area contributed by atoms with E-state index >= 15 is 0 Å². The molecule has 0 aromatic carbocycles. The molecule has 2 aromatic rings. The summed E-state index contributed by atoms with van der Waals surface area (Å²) in [7, 11) is 0. The van der Waals surface area contributed by atoms with E-state index in [9.17, 15) is 0 Å². The summed E-state index contributed by atoms with van der Waals surface area (Å²) < 4.78 is 3.48. The third kappa shape index (κ3) is 9.41. The molecule has 2 heterocycles. The molecule has 180 valence electrons. The summed E-state index contributed by atoms with van der Waals surface area (Å²) in [5.41, 5.74) is 3.25. The van der Waals surface area contributed by atoms with Gasteiger partial charge in [-0.15, -0.1) is 0 Å². The van der Waals surface area contributed by atoms with Gasteiger partial charge in [-0.25, -0.2) is 0 Å². The van der Waals surface area contributed by atoms with Crippen LogP contribution in [0.5, 0.6) is 0 Å². The van der Waals surface area contributed by atoms with Gasteiger partial charge in [0.15, 0.2) is 0 Å². The zero-order valence-electron chi connectivity index (χ0n) is 22.2. The third-order valence-corrected chi connectivity index (χ3v) is 27.3. The van der Waals surface area contributed by atoms with Crippen LogP contribution < -0.4 is 5.79 Å². The normalized spacial score (nSPS) is 12.9. The average Bonchev–Trinajstić information content (AvgIpc) is 3.31. The molecule has 0 N–H and O–H groups in total. The molecule has 0 fully saturated rings. The molecule has 0 aliphatic rings. The van der Waals surface area contributed by atoms with Gasteiger partial charge in [0.1, 0.15) is 0 Å². The van der Waals surface area contributed by atoms with E-state index in [1.807, 2.05) is 0 Å². The van der Waals surface area contributed by atoms with Crippen LogP contribution in [-0.4, -0.2) is 36.8 Å². The zero-order chi connectivity index (χ0) is 23.8. The van der Waals surface area contributed by atoms with E-state index in [0.29, 0.717) is 0 Å². The van der Waals surface area contributed by atoms with Gasteiger partial charge in [0.05, 0.1) is 0 Å². The Morgan fingerprint density at radius 3 is 1.28 bits per heavy atom. The van der Waals surface area contributed by atoms with Crippen molar-refractivity contribution in [2.24, 2.45) is 0 Å². The Labute approximate surface area is 216 Å². The molecule has 0 saturated heterocycles. The fraction of sp³-hybridized carbons (Fsp3) is 0.643. The summed E-state index contributed by atoms with van der Waals surface area (Å²) in [6.07, 6.45) is 18.3.